The molecule has 1 aromatic carbocycles. The molecule has 2 fully saturated rings. The van der Waals surface area contributed by atoms with E-state index in [2.05, 4.69) is 20.9 Å². The summed E-state index contributed by atoms with van der Waals surface area (Å²) in [6.07, 6.45) is 3.21. The van der Waals surface area contributed by atoms with E-state index < -0.39 is 0 Å². The van der Waals surface area contributed by atoms with Crippen molar-refractivity contribution in [2.75, 3.05) is 26.2 Å². The van der Waals surface area contributed by atoms with E-state index in [0.717, 1.165) is 40.7 Å². The Balaban J connectivity index is 1.43. The summed E-state index contributed by atoms with van der Waals surface area (Å²) in [7, 11) is 0. The molecule has 0 spiro atoms. The number of rotatable bonds is 3. The zero-order valence-electron chi connectivity index (χ0n) is 16.0. The van der Waals surface area contributed by atoms with Crippen molar-refractivity contribution in [2.45, 2.75) is 26.2 Å². The second-order valence-corrected chi connectivity index (χ2v) is 8.50. The van der Waals surface area contributed by atoms with Crippen LogP contribution in [0.25, 0.3) is 11.3 Å². The smallest absolute Gasteiger partial charge is 0.255 e. The van der Waals surface area contributed by atoms with E-state index >= 15 is 0 Å². The SMILES string of the molecule is Cc1nc(-c2cccc(Br)c2)ccc1C(=O)N1CCN(C(=O)C2CCC2)CC1. The van der Waals surface area contributed by atoms with Crippen LogP contribution in [0.1, 0.15) is 35.3 Å². The lowest BCUT2D eigenvalue weighted by atomic mass is 9.84. The lowest BCUT2D eigenvalue weighted by molar-refractivity contribution is -0.139. The van der Waals surface area contributed by atoms with Gasteiger partial charge in [0, 0.05) is 42.1 Å². The molecular formula is C22H24BrN3O2. The molecule has 6 heteroatoms. The van der Waals surface area contributed by atoms with Gasteiger partial charge in [-0.05, 0) is 44.0 Å². The van der Waals surface area contributed by atoms with Crippen molar-refractivity contribution in [2.24, 2.45) is 5.92 Å². The number of amides is 2. The van der Waals surface area contributed by atoms with Gasteiger partial charge in [-0.25, -0.2) is 0 Å². The first-order valence-electron chi connectivity index (χ1n) is 9.84. The van der Waals surface area contributed by atoms with Gasteiger partial charge in [-0.15, -0.1) is 0 Å². The van der Waals surface area contributed by atoms with Crippen LogP contribution in [0.15, 0.2) is 40.9 Å². The van der Waals surface area contributed by atoms with Crippen LogP contribution in [-0.4, -0.2) is 52.8 Å². The monoisotopic (exact) mass is 441 g/mol. The summed E-state index contributed by atoms with van der Waals surface area (Å²) >= 11 is 3.48. The number of aromatic nitrogens is 1. The van der Waals surface area contributed by atoms with E-state index in [1.807, 2.05) is 53.1 Å². The second-order valence-electron chi connectivity index (χ2n) is 7.59. The molecule has 2 aromatic rings. The van der Waals surface area contributed by atoms with E-state index in [-0.39, 0.29) is 17.7 Å². The van der Waals surface area contributed by atoms with Crippen LogP contribution in [0.3, 0.4) is 0 Å². The van der Waals surface area contributed by atoms with Crippen molar-refractivity contribution in [3.8, 4) is 11.3 Å². The van der Waals surface area contributed by atoms with E-state index in [1.54, 1.807) is 0 Å². The predicted molar refractivity (Wildman–Crippen MR) is 112 cm³/mol. The second kappa shape index (κ2) is 8.03. The summed E-state index contributed by atoms with van der Waals surface area (Å²) in [6.45, 7) is 4.31. The maximum absolute atomic E-state index is 13.0. The van der Waals surface area contributed by atoms with Crippen LogP contribution < -0.4 is 0 Å². The highest BCUT2D eigenvalue weighted by atomic mass is 79.9. The van der Waals surface area contributed by atoms with Crippen LogP contribution in [-0.2, 0) is 4.79 Å². The number of benzene rings is 1. The molecule has 1 saturated heterocycles. The minimum Gasteiger partial charge on any atom is -0.339 e. The number of hydrogen-bond acceptors (Lipinski definition) is 3. The first-order chi connectivity index (χ1) is 13.5. The van der Waals surface area contributed by atoms with Crippen molar-refractivity contribution < 1.29 is 9.59 Å². The Bertz CT molecular complexity index is 902. The summed E-state index contributed by atoms with van der Waals surface area (Å²) < 4.78 is 0.999. The van der Waals surface area contributed by atoms with E-state index in [1.165, 1.54) is 0 Å². The highest BCUT2D eigenvalue weighted by molar-refractivity contribution is 9.10. The van der Waals surface area contributed by atoms with Gasteiger partial charge in [0.25, 0.3) is 5.91 Å². The molecule has 1 saturated carbocycles. The van der Waals surface area contributed by atoms with Crippen LogP contribution in [0, 0.1) is 12.8 Å². The lowest BCUT2D eigenvalue weighted by Gasteiger charge is -2.38. The van der Waals surface area contributed by atoms with Crippen LogP contribution in [0.4, 0.5) is 0 Å². The van der Waals surface area contributed by atoms with Gasteiger partial charge in [0.05, 0.1) is 17.0 Å². The molecule has 1 aliphatic heterocycles. The zero-order chi connectivity index (χ0) is 19.7. The highest BCUT2D eigenvalue weighted by Gasteiger charge is 2.32. The summed E-state index contributed by atoms with van der Waals surface area (Å²) in [5, 5.41) is 0. The molecule has 0 radical (unpaired) electrons. The molecule has 0 atom stereocenters. The number of pyridine rings is 1. The molecule has 1 aliphatic carbocycles. The molecule has 0 bridgehead atoms. The number of hydrogen-bond donors (Lipinski definition) is 0. The lowest BCUT2D eigenvalue weighted by Crippen LogP contribution is -2.52. The predicted octanol–water partition coefficient (Wildman–Crippen LogP) is 3.90. The Hall–Kier alpha value is -2.21. The van der Waals surface area contributed by atoms with Gasteiger partial charge in [0.15, 0.2) is 0 Å². The van der Waals surface area contributed by atoms with Crippen molar-refractivity contribution >= 4 is 27.7 Å². The number of nitrogens with zero attached hydrogens (tertiary/aromatic N) is 3. The van der Waals surface area contributed by atoms with Gasteiger partial charge in [-0.1, -0.05) is 34.5 Å². The summed E-state index contributed by atoms with van der Waals surface area (Å²) in [6, 6.07) is 11.7. The van der Waals surface area contributed by atoms with Gasteiger partial charge in [-0.3, -0.25) is 14.6 Å². The third-order valence-electron chi connectivity index (χ3n) is 5.77. The first kappa shape index (κ1) is 19.1. The fourth-order valence-electron chi connectivity index (χ4n) is 3.81. The Morgan fingerprint density at radius 3 is 2.36 bits per heavy atom. The standard InChI is InChI=1S/C22H24BrN3O2/c1-15-19(8-9-20(24-15)17-6-3-7-18(23)14-17)22(28)26-12-10-25(11-13-26)21(27)16-4-2-5-16/h3,6-9,14,16H,2,4-5,10-13H2,1H3. The van der Waals surface area contributed by atoms with Gasteiger partial charge in [0.2, 0.25) is 5.91 Å². The Labute approximate surface area is 173 Å². The first-order valence-corrected chi connectivity index (χ1v) is 10.6. The van der Waals surface area contributed by atoms with Gasteiger partial charge >= 0.3 is 0 Å². The largest absolute Gasteiger partial charge is 0.339 e. The fraction of sp³-hybridized carbons (Fsp3) is 0.409. The molecule has 2 amide bonds. The number of carbonyl (C=O) groups is 2. The number of halogens is 1. The summed E-state index contributed by atoms with van der Waals surface area (Å²) in [4.78, 5) is 33.8. The third-order valence-corrected chi connectivity index (χ3v) is 6.26. The van der Waals surface area contributed by atoms with Crippen LogP contribution in [0.5, 0.6) is 0 Å². The molecule has 0 N–H and O–H groups in total. The average Bonchev–Trinajstić information content (AvgIpc) is 2.66. The molecule has 0 unspecified atom stereocenters. The number of aryl methyl sites for hydroxylation is 1. The molecule has 2 aliphatic rings. The number of piperazine rings is 1. The Kier molecular flexibility index (Phi) is 5.49. The molecule has 28 heavy (non-hydrogen) atoms. The van der Waals surface area contributed by atoms with Crippen LogP contribution >= 0.6 is 15.9 Å². The average molecular weight is 442 g/mol. The Morgan fingerprint density at radius 1 is 1.04 bits per heavy atom. The summed E-state index contributed by atoms with van der Waals surface area (Å²) in [5.41, 5.74) is 3.24. The van der Waals surface area contributed by atoms with Crippen molar-refractivity contribution in [3.63, 3.8) is 0 Å². The quantitative estimate of drug-likeness (QED) is 0.725. The molecular weight excluding hydrogens is 418 g/mol. The topological polar surface area (TPSA) is 53.5 Å². The summed E-state index contributed by atoms with van der Waals surface area (Å²) in [5.74, 6) is 0.496. The van der Waals surface area contributed by atoms with E-state index in [9.17, 15) is 9.59 Å². The van der Waals surface area contributed by atoms with Gasteiger partial charge in [-0.2, -0.15) is 0 Å². The maximum Gasteiger partial charge on any atom is 0.255 e. The van der Waals surface area contributed by atoms with Crippen molar-refractivity contribution in [1.29, 1.82) is 0 Å². The highest BCUT2D eigenvalue weighted by Crippen LogP contribution is 2.29. The maximum atomic E-state index is 13.0. The number of carbonyl (C=O) groups excluding carboxylic acids is 2. The molecule has 2 heterocycles. The van der Waals surface area contributed by atoms with E-state index in [0.29, 0.717) is 31.7 Å². The molecule has 4 rings (SSSR count). The van der Waals surface area contributed by atoms with Crippen LogP contribution in [0.2, 0.25) is 0 Å². The normalized spacial score (nSPS) is 17.4. The Morgan fingerprint density at radius 2 is 1.75 bits per heavy atom. The zero-order valence-corrected chi connectivity index (χ0v) is 17.6. The van der Waals surface area contributed by atoms with Crippen molar-refractivity contribution in [1.82, 2.24) is 14.8 Å². The molecule has 146 valence electrons. The fourth-order valence-corrected chi connectivity index (χ4v) is 4.21. The van der Waals surface area contributed by atoms with Gasteiger partial charge in [0.1, 0.15) is 0 Å². The third kappa shape index (κ3) is 3.83. The molecule has 5 nitrogen and oxygen atoms in total. The van der Waals surface area contributed by atoms with Gasteiger partial charge < -0.3 is 9.80 Å². The van der Waals surface area contributed by atoms with E-state index in [4.69, 9.17) is 0 Å². The van der Waals surface area contributed by atoms with Crippen molar-refractivity contribution in [3.05, 3.63) is 52.1 Å². The minimum atomic E-state index is 0.00142. The molecule has 1 aromatic heterocycles. The minimum absolute atomic E-state index is 0.00142.